The van der Waals surface area contributed by atoms with Gasteiger partial charge in [-0.3, -0.25) is 0 Å². The number of carbonyl (C=O) groups is 1. The number of hydrogen-bond donors (Lipinski definition) is 1. The first-order chi connectivity index (χ1) is 12.2. The van der Waals surface area contributed by atoms with Crippen molar-refractivity contribution in [1.29, 1.82) is 0 Å². The van der Waals surface area contributed by atoms with Crippen LogP contribution in [0.15, 0.2) is 24.3 Å². The molecule has 0 aliphatic carbocycles. The molecule has 0 aliphatic rings. The zero-order chi connectivity index (χ0) is 18.2. The number of thioether (sulfide) groups is 1. The molecule has 0 saturated heterocycles. The number of carboxylic acids is 1. The van der Waals surface area contributed by atoms with Gasteiger partial charge in [0.15, 0.2) is 0 Å². The van der Waals surface area contributed by atoms with E-state index in [1.807, 2.05) is 0 Å². The van der Waals surface area contributed by atoms with Crippen LogP contribution in [0, 0.1) is 0 Å². The van der Waals surface area contributed by atoms with Crippen molar-refractivity contribution < 1.29 is 14.6 Å². The van der Waals surface area contributed by atoms with E-state index >= 15 is 0 Å². The second-order valence-electron chi connectivity index (χ2n) is 6.47. The van der Waals surface area contributed by atoms with Crippen LogP contribution >= 0.6 is 11.8 Å². The Balaban J connectivity index is 1.85. The molecule has 1 aromatic carbocycles. The molecule has 0 aromatic heterocycles. The van der Waals surface area contributed by atoms with Gasteiger partial charge in [0, 0.05) is 0 Å². The van der Waals surface area contributed by atoms with Crippen molar-refractivity contribution in [1.82, 2.24) is 0 Å². The Morgan fingerprint density at radius 1 is 0.880 bits per heavy atom. The lowest BCUT2D eigenvalue weighted by atomic mass is 10.1. The highest BCUT2D eigenvalue weighted by Crippen LogP contribution is 2.14. The van der Waals surface area contributed by atoms with E-state index in [0.29, 0.717) is 12.2 Å². The summed E-state index contributed by atoms with van der Waals surface area (Å²) in [5.41, 5.74) is 0.298. The van der Waals surface area contributed by atoms with E-state index in [9.17, 15) is 4.79 Å². The summed E-state index contributed by atoms with van der Waals surface area (Å²) in [5, 5.41) is 8.84. The van der Waals surface area contributed by atoms with Gasteiger partial charge in [0.25, 0.3) is 0 Å². The number of unbranched alkanes of at least 4 members (excludes halogenated alkanes) is 8. The molecule has 0 spiro atoms. The molecule has 142 valence electrons. The zero-order valence-corrected chi connectivity index (χ0v) is 16.5. The molecule has 3 nitrogen and oxygen atoms in total. The van der Waals surface area contributed by atoms with Gasteiger partial charge >= 0.3 is 5.97 Å². The molecule has 25 heavy (non-hydrogen) atoms. The fourth-order valence-corrected chi connectivity index (χ4v) is 3.57. The van der Waals surface area contributed by atoms with Crippen LogP contribution < -0.4 is 4.74 Å². The third-order valence-corrected chi connectivity index (χ3v) is 5.43. The summed E-state index contributed by atoms with van der Waals surface area (Å²) >= 11 is 2.10. The summed E-state index contributed by atoms with van der Waals surface area (Å²) in [6, 6.07) is 6.62. The second-order valence-corrected chi connectivity index (χ2v) is 7.70. The lowest BCUT2D eigenvalue weighted by Gasteiger charge is -2.06. The van der Waals surface area contributed by atoms with Crippen LogP contribution in [0.3, 0.4) is 0 Å². The van der Waals surface area contributed by atoms with E-state index in [0.717, 1.165) is 12.2 Å². The van der Waals surface area contributed by atoms with Crippen molar-refractivity contribution in [3.05, 3.63) is 29.8 Å². The summed E-state index contributed by atoms with van der Waals surface area (Å²) in [6.07, 6.45) is 13.1. The largest absolute Gasteiger partial charge is 0.494 e. The molecule has 0 atom stereocenters. The van der Waals surface area contributed by atoms with Crippen LogP contribution in [0.25, 0.3) is 0 Å². The summed E-state index contributed by atoms with van der Waals surface area (Å²) in [6.45, 7) is 2.96. The first-order valence-electron chi connectivity index (χ1n) is 9.78. The van der Waals surface area contributed by atoms with Crippen molar-refractivity contribution in [2.45, 2.75) is 71.1 Å². The van der Waals surface area contributed by atoms with Gasteiger partial charge in [0.2, 0.25) is 0 Å². The number of hydrogen-bond acceptors (Lipinski definition) is 3. The van der Waals surface area contributed by atoms with Gasteiger partial charge in [0.1, 0.15) is 5.75 Å². The maximum Gasteiger partial charge on any atom is 0.335 e. The molecule has 0 amide bonds. The second kappa shape index (κ2) is 15.1. The van der Waals surface area contributed by atoms with Gasteiger partial charge < -0.3 is 9.84 Å². The molecular weight excluding hydrogens is 332 g/mol. The van der Waals surface area contributed by atoms with Gasteiger partial charge in [-0.15, -0.1) is 0 Å². The molecule has 0 bridgehead atoms. The number of rotatable bonds is 16. The van der Waals surface area contributed by atoms with Gasteiger partial charge in [-0.1, -0.05) is 51.9 Å². The lowest BCUT2D eigenvalue weighted by molar-refractivity contribution is 0.0697. The average Bonchev–Trinajstić information content (AvgIpc) is 2.62. The average molecular weight is 367 g/mol. The molecule has 0 saturated carbocycles. The number of carboxylic acid groups (broad SMARTS) is 1. The first-order valence-corrected chi connectivity index (χ1v) is 10.9. The van der Waals surface area contributed by atoms with Gasteiger partial charge in [-0.05, 0) is 55.0 Å². The quantitative estimate of drug-likeness (QED) is 0.343. The molecule has 1 rings (SSSR count). The minimum Gasteiger partial charge on any atom is -0.494 e. The molecule has 0 aliphatic heterocycles. The van der Waals surface area contributed by atoms with Gasteiger partial charge in [0.05, 0.1) is 12.2 Å². The maximum atomic E-state index is 10.8. The SMILES string of the molecule is CCCSCCCCCCCCCCCOc1ccc(C(=O)O)cc1. The minimum absolute atomic E-state index is 0.298. The van der Waals surface area contributed by atoms with E-state index in [1.165, 1.54) is 69.3 Å². The molecule has 1 aromatic rings. The van der Waals surface area contributed by atoms with Crippen molar-refractivity contribution in [2.75, 3.05) is 18.1 Å². The smallest absolute Gasteiger partial charge is 0.335 e. The predicted molar refractivity (Wildman–Crippen MR) is 108 cm³/mol. The van der Waals surface area contributed by atoms with E-state index in [2.05, 4.69) is 18.7 Å². The molecule has 4 heteroatoms. The monoisotopic (exact) mass is 366 g/mol. The van der Waals surface area contributed by atoms with Crippen LogP contribution in [0.4, 0.5) is 0 Å². The normalized spacial score (nSPS) is 10.8. The third-order valence-electron chi connectivity index (χ3n) is 4.15. The van der Waals surface area contributed by atoms with Crippen molar-refractivity contribution >= 4 is 17.7 Å². The van der Waals surface area contributed by atoms with E-state index in [-0.39, 0.29) is 0 Å². The standard InChI is InChI=1S/C21H34O3S/c1-2-17-25-18-11-9-7-5-3-4-6-8-10-16-24-20-14-12-19(13-15-20)21(22)23/h12-15H,2-11,16-18H2,1H3,(H,22,23). The number of benzene rings is 1. The molecule has 0 unspecified atom stereocenters. The highest BCUT2D eigenvalue weighted by atomic mass is 32.2. The summed E-state index contributed by atoms with van der Waals surface area (Å²) in [5.74, 6) is 2.51. The molecule has 0 heterocycles. The molecule has 1 N–H and O–H groups in total. The first kappa shape index (κ1) is 21.9. The Labute approximate surface area is 157 Å². The van der Waals surface area contributed by atoms with E-state index in [1.54, 1.807) is 24.3 Å². The highest BCUT2D eigenvalue weighted by molar-refractivity contribution is 7.99. The Morgan fingerprint density at radius 2 is 1.44 bits per heavy atom. The van der Waals surface area contributed by atoms with Gasteiger partial charge in [-0.25, -0.2) is 4.79 Å². The number of aromatic carboxylic acids is 1. The summed E-state index contributed by atoms with van der Waals surface area (Å²) < 4.78 is 5.65. The van der Waals surface area contributed by atoms with Gasteiger partial charge in [-0.2, -0.15) is 11.8 Å². The topological polar surface area (TPSA) is 46.5 Å². The van der Waals surface area contributed by atoms with Crippen molar-refractivity contribution in [3.8, 4) is 5.75 Å². The van der Waals surface area contributed by atoms with Crippen LogP contribution in [-0.4, -0.2) is 29.2 Å². The van der Waals surface area contributed by atoms with E-state index < -0.39 is 5.97 Å². The van der Waals surface area contributed by atoms with Crippen LogP contribution in [0.5, 0.6) is 5.75 Å². The lowest BCUT2D eigenvalue weighted by Crippen LogP contribution is -1.99. The fraction of sp³-hybridized carbons (Fsp3) is 0.667. The van der Waals surface area contributed by atoms with Crippen molar-refractivity contribution in [3.63, 3.8) is 0 Å². The van der Waals surface area contributed by atoms with Crippen molar-refractivity contribution in [2.24, 2.45) is 0 Å². The summed E-state index contributed by atoms with van der Waals surface area (Å²) in [7, 11) is 0. The minimum atomic E-state index is -0.901. The fourth-order valence-electron chi connectivity index (χ4n) is 2.67. The summed E-state index contributed by atoms with van der Waals surface area (Å²) in [4.78, 5) is 10.8. The Hall–Kier alpha value is -1.16. The predicted octanol–water partition coefficient (Wildman–Crippen LogP) is 6.42. The van der Waals surface area contributed by atoms with Crippen LogP contribution in [0.2, 0.25) is 0 Å². The maximum absolute atomic E-state index is 10.8. The Kier molecular flexibility index (Phi) is 13.2. The van der Waals surface area contributed by atoms with E-state index in [4.69, 9.17) is 9.84 Å². The Morgan fingerprint density at radius 3 is 2.00 bits per heavy atom. The molecular formula is C21H34O3S. The molecule has 0 radical (unpaired) electrons. The Bertz CT molecular complexity index is 445. The van der Waals surface area contributed by atoms with Crippen LogP contribution in [0.1, 0.15) is 81.5 Å². The molecule has 0 fully saturated rings. The van der Waals surface area contributed by atoms with Crippen LogP contribution in [-0.2, 0) is 0 Å². The number of ether oxygens (including phenoxy) is 1. The zero-order valence-electron chi connectivity index (χ0n) is 15.7. The third kappa shape index (κ3) is 11.9. The highest BCUT2D eigenvalue weighted by Gasteiger charge is 2.02.